The Bertz CT molecular complexity index is 737. The Labute approximate surface area is 148 Å². The fraction of sp³-hybridized carbons (Fsp3) is 0.474. The molecule has 25 heavy (non-hydrogen) atoms. The number of fused-ring (bicyclic) bond motifs is 1. The topological polar surface area (TPSA) is 83.4 Å². The molecule has 0 aliphatic heterocycles. The van der Waals surface area contributed by atoms with E-state index in [2.05, 4.69) is 29.0 Å². The quantitative estimate of drug-likeness (QED) is 0.674. The number of rotatable bonds is 7. The summed E-state index contributed by atoms with van der Waals surface area (Å²) in [4.78, 5) is 23.8. The Morgan fingerprint density at radius 3 is 2.60 bits per heavy atom. The minimum absolute atomic E-state index is 0.0692. The number of nitrogens with one attached hydrogen (secondary N) is 2. The molecule has 0 bridgehead atoms. The van der Waals surface area contributed by atoms with Crippen LogP contribution in [0.1, 0.15) is 27.2 Å². The minimum Gasteiger partial charge on any atom is -0.396 e. The van der Waals surface area contributed by atoms with Gasteiger partial charge in [-0.25, -0.2) is 0 Å². The van der Waals surface area contributed by atoms with Gasteiger partial charge in [0.25, 0.3) is 0 Å². The van der Waals surface area contributed by atoms with Crippen LogP contribution >= 0.6 is 0 Å². The molecule has 2 aromatic rings. The zero-order chi connectivity index (χ0) is 18.4. The van der Waals surface area contributed by atoms with Gasteiger partial charge in [-0.15, -0.1) is 0 Å². The maximum Gasteiger partial charge on any atom is 0.313 e. The monoisotopic (exact) mass is 345 g/mol. The fourth-order valence-corrected chi connectivity index (χ4v) is 2.69. The number of hydrogen-bond donors (Lipinski definition) is 3. The maximum atomic E-state index is 12.0. The number of aromatic nitrogens is 1. The summed E-state index contributed by atoms with van der Waals surface area (Å²) in [6.45, 7) is 7.61. The summed E-state index contributed by atoms with van der Waals surface area (Å²) in [6, 6.07) is 7.63. The van der Waals surface area contributed by atoms with Crippen molar-refractivity contribution in [2.75, 3.05) is 18.5 Å². The lowest BCUT2D eigenvalue weighted by atomic mass is 10.1. The SMILES string of the molecule is CC(C)Cn1ccc2cc(NC(=O)C(=O)NCC(C)CCO)ccc21. The Balaban J connectivity index is 1.97. The van der Waals surface area contributed by atoms with E-state index >= 15 is 0 Å². The second kappa shape index (κ2) is 8.67. The summed E-state index contributed by atoms with van der Waals surface area (Å²) in [7, 11) is 0. The number of amides is 2. The fourth-order valence-electron chi connectivity index (χ4n) is 2.69. The first-order valence-corrected chi connectivity index (χ1v) is 8.69. The molecule has 0 spiro atoms. The molecule has 0 aliphatic rings. The molecule has 2 amide bonds. The van der Waals surface area contributed by atoms with Gasteiger partial charge in [-0.1, -0.05) is 20.8 Å². The van der Waals surface area contributed by atoms with E-state index in [-0.39, 0.29) is 12.5 Å². The molecule has 1 unspecified atom stereocenters. The average Bonchev–Trinajstić information content (AvgIpc) is 2.94. The number of aliphatic hydroxyl groups excluding tert-OH is 1. The predicted molar refractivity (Wildman–Crippen MR) is 99.3 cm³/mol. The molecule has 1 aromatic heterocycles. The van der Waals surface area contributed by atoms with Crippen LogP contribution in [0.2, 0.25) is 0 Å². The second-order valence-electron chi connectivity index (χ2n) is 6.92. The van der Waals surface area contributed by atoms with Crippen LogP contribution in [-0.2, 0) is 16.1 Å². The molecular formula is C19H27N3O3. The number of nitrogens with zero attached hydrogens (tertiary/aromatic N) is 1. The van der Waals surface area contributed by atoms with E-state index in [1.807, 2.05) is 31.3 Å². The molecule has 0 fully saturated rings. The molecular weight excluding hydrogens is 318 g/mol. The molecule has 6 heteroatoms. The average molecular weight is 345 g/mol. The number of hydrogen-bond acceptors (Lipinski definition) is 3. The van der Waals surface area contributed by atoms with Crippen molar-refractivity contribution in [3.8, 4) is 0 Å². The van der Waals surface area contributed by atoms with Crippen LogP contribution in [-0.4, -0.2) is 34.6 Å². The zero-order valence-corrected chi connectivity index (χ0v) is 15.1. The van der Waals surface area contributed by atoms with E-state index in [0.717, 1.165) is 17.4 Å². The number of carbonyl (C=O) groups excluding carboxylic acids is 2. The van der Waals surface area contributed by atoms with Crippen LogP contribution in [0.5, 0.6) is 0 Å². The van der Waals surface area contributed by atoms with Gasteiger partial charge in [-0.05, 0) is 42.5 Å². The van der Waals surface area contributed by atoms with Crippen molar-refractivity contribution in [3.05, 3.63) is 30.5 Å². The highest BCUT2D eigenvalue weighted by Gasteiger charge is 2.15. The van der Waals surface area contributed by atoms with Gasteiger partial charge in [0.2, 0.25) is 0 Å². The van der Waals surface area contributed by atoms with Crippen molar-refractivity contribution in [1.82, 2.24) is 9.88 Å². The molecule has 0 saturated heterocycles. The lowest BCUT2D eigenvalue weighted by molar-refractivity contribution is -0.136. The van der Waals surface area contributed by atoms with Gasteiger partial charge in [-0.3, -0.25) is 9.59 Å². The summed E-state index contributed by atoms with van der Waals surface area (Å²) < 4.78 is 2.18. The highest BCUT2D eigenvalue weighted by molar-refractivity contribution is 6.39. The molecule has 3 N–H and O–H groups in total. The van der Waals surface area contributed by atoms with E-state index in [1.165, 1.54) is 0 Å². The molecule has 0 radical (unpaired) electrons. The van der Waals surface area contributed by atoms with E-state index in [4.69, 9.17) is 5.11 Å². The Kier molecular flexibility index (Phi) is 6.58. The molecule has 1 atom stereocenters. The van der Waals surface area contributed by atoms with E-state index < -0.39 is 11.8 Å². The number of benzene rings is 1. The van der Waals surface area contributed by atoms with Crippen LogP contribution in [0.25, 0.3) is 10.9 Å². The van der Waals surface area contributed by atoms with Gasteiger partial charge in [0, 0.05) is 42.5 Å². The summed E-state index contributed by atoms with van der Waals surface area (Å²) in [5.74, 6) is -0.676. The van der Waals surface area contributed by atoms with Crippen molar-refractivity contribution < 1.29 is 14.7 Å². The van der Waals surface area contributed by atoms with E-state index in [1.54, 1.807) is 6.07 Å². The Morgan fingerprint density at radius 2 is 1.92 bits per heavy atom. The maximum absolute atomic E-state index is 12.0. The number of carbonyl (C=O) groups is 2. The Morgan fingerprint density at radius 1 is 1.16 bits per heavy atom. The first kappa shape index (κ1) is 19.0. The highest BCUT2D eigenvalue weighted by atomic mass is 16.3. The van der Waals surface area contributed by atoms with Gasteiger partial charge >= 0.3 is 11.8 Å². The van der Waals surface area contributed by atoms with Crippen LogP contribution < -0.4 is 10.6 Å². The minimum atomic E-state index is -0.683. The highest BCUT2D eigenvalue weighted by Crippen LogP contribution is 2.21. The molecule has 0 saturated carbocycles. The van der Waals surface area contributed by atoms with Crippen molar-refractivity contribution in [2.24, 2.45) is 11.8 Å². The molecule has 136 valence electrons. The normalized spacial score (nSPS) is 12.4. The molecule has 1 heterocycles. The number of anilines is 1. The third-order valence-corrected chi connectivity index (χ3v) is 4.03. The Hall–Kier alpha value is -2.34. The van der Waals surface area contributed by atoms with Gasteiger partial charge in [-0.2, -0.15) is 0 Å². The summed E-state index contributed by atoms with van der Waals surface area (Å²) in [6.07, 6.45) is 2.62. The van der Waals surface area contributed by atoms with Crippen LogP contribution in [0.4, 0.5) is 5.69 Å². The van der Waals surface area contributed by atoms with Gasteiger partial charge in [0.05, 0.1) is 0 Å². The first-order chi connectivity index (χ1) is 11.9. The third kappa shape index (κ3) is 5.32. The van der Waals surface area contributed by atoms with Crippen molar-refractivity contribution in [1.29, 1.82) is 0 Å². The molecule has 0 aliphatic carbocycles. The largest absolute Gasteiger partial charge is 0.396 e. The number of aliphatic hydroxyl groups is 1. The second-order valence-corrected chi connectivity index (χ2v) is 6.92. The van der Waals surface area contributed by atoms with Gasteiger partial charge in [0.1, 0.15) is 0 Å². The summed E-state index contributed by atoms with van der Waals surface area (Å²) in [5.41, 5.74) is 1.70. The molecule has 6 nitrogen and oxygen atoms in total. The zero-order valence-electron chi connectivity index (χ0n) is 15.1. The van der Waals surface area contributed by atoms with Gasteiger partial charge in [0.15, 0.2) is 0 Å². The van der Waals surface area contributed by atoms with Gasteiger partial charge < -0.3 is 20.3 Å². The predicted octanol–water partition coefficient (Wildman–Crippen LogP) is 2.37. The van der Waals surface area contributed by atoms with Crippen molar-refractivity contribution >= 4 is 28.4 Å². The lowest BCUT2D eigenvalue weighted by Gasteiger charge is -2.11. The third-order valence-electron chi connectivity index (χ3n) is 4.03. The smallest absolute Gasteiger partial charge is 0.313 e. The standard InChI is InChI=1S/C19H27N3O3/c1-13(2)12-22-8-6-15-10-16(4-5-17(15)22)21-19(25)18(24)20-11-14(3)7-9-23/h4-6,8,10,13-14,23H,7,9,11-12H2,1-3H3,(H,20,24)(H,21,25). The summed E-state index contributed by atoms with van der Waals surface area (Å²) >= 11 is 0. The summed E-state index contributed by atoms with van der Waals surface area (Å²) in [5, 5.41) is 15.1. The molecule has 2 rings (SSSR count). The van der Waals surface area contributed by atoms with E-state index in [0.29, 0.717) is 24.6 Å². The van der Waals surface area contributed by atoms with Crippen LogP contribution in [0.15, 0.2) is 30.5 Å². The van der Waals surface area contributed by atoms with E-state index in [9.17, 15) is 9.59 Å². The van der Waals surface area contributed by atoms with Crippen LogP contribution in [0, 0.1) is 11.8 Å². The molecule has 1 aromatic carbocycles. The lowest BCUT2D eigenvalue weighted by Crippen LogP contribution is -2.37. The van der Waals surface area contributed by atoms with Crippen LogP contribution in [0.3, 0.4) is 0 Å². The first-order valence-electron chi connectivity index (χ1n) is 8.69. The van der Waals surface area contributed by atoms with Crippen molar-refractivity contribution in [3.63, 3.8) is 0 Å². The van der Waals surface area contributed by atoms with Crippen molar-refractivity contribution in [2.45, 2.75) is 33.7 Å².